The van der Waals surface area contributed by atoms with Crippen molar-refractivity contribution in [2.75, 3.05) is 5.32 Å². The summed E-state index contributed by atoms with van der Waals surface area (Å²) in [5, 5.41) is 2.85. The van der Waals surface area contributed by atoms with E-state index in [9.17, 15) is 4.79 Å². The van der Waals surface area contributed by atoms with Gasteiger partial charge in [0.2, 0.25) is 5.91 Å². The molecule has 3 N–H and O–H groups in total. The molecule has 1 rings (SSSR count). The Kier molecular flexibility index (Phi) is 4.07. The van der Waals surface area contributed by atoms with E-state index in [0.29, 0.717) is 0 Å². The quantitative estimate of drug-likeness (QED) is 0.820. The summed E-state index contributed by atoms with van der Waals surface area (Å²) in [6.07, 6.45) is 0. The molecular formula is C13H20N2O. The summed E-state index contributed by atoms with van der Waals surface area (Å²) in [6, 6.07) is 5.47. The number of benzene rings is 1. The number of aryl methyl sites for hydroxylation is 2. The lowest BCUT2D eigenvalue weighted by Crippen LogP contribution is -2.39. The van der Waals surface area contributed by atoms with Crippen LogP contribution >= 0.6 is 0 Å². The Morgan fingerprint density at radius 1 is 1.31 bits per heavy atom. The van der Waals surface area contributed by atoms with Gasteiger partial charge in [0.25, 0.3) is 0 Å². The van der Waals surface area contributed by atoms with Crippen molar-refractivity contribution in [3.05, 3.63) is 29.3 Å². The second-order valence-electron chi connectivity index (χ2n) is 4.58. The Bertz CT molecular complexity index is 386. The van der Waals surface area contributed by atoms with Gasteiger partial charge in [-0.05, 0) is 31.4 Å². The number of amides is 1. The van der Waals surface area contributed by atoms with Crippen LogP contribution in [0, 0.1) is 19.8 Å². The van der Waals surface area contributed by atoms with Crippen LogP contribution in [0.2, 0.25) is 0 Å². The highest BCUT2D eigenvalue weighted by Crippen LogP contribution is 2.16. The summed E-state index contributed by atoms with van der Waals surface area (Å²) in [7, 11) is 0. The zero-order chi connectivity index (χ0) is 12.3. The van der Waals surface area contributed by atoms with Crippen LogP contribution in [0.25, 0.3) is 0 Å². The molecule has 0 spiro atoms. The largest absolute Gasteiger partial charge is 0.324 e. The Morgan fingerprint density at radius 3 is 2.44 bits per heavy atom. The maximum atomic E-state index is 11.8. The van der Waals surface area contributed by atoms with Crippen molar-refractivity contribution in [1.82, 2.24) is 0 Å². The summed E-state index contributed by atoms with van der Waals surface area (Å²) in [4.78, 5) is 11.8. The van der Waals surface area contributed by atoms with Gasteiger partial charge >= 0.3 is 0 Å². The molecule has 0 aliphatic rings. The lowest BCUT2D eigenvalue weighted by molar-refractivity contribution is -0.118. The highest BCUT2D eigenvalue weighted by atomic mass is 16.2. The lowest BCUT2D eigenvalue weighted by Gasteiger charge is -2.16. The predicted molar refractivity (Wildman–Crippen MR) is 67.4 cm³/mol. The number of nitrogens with two attached hydrogens (primary N) is 1. The first-order chi connectivity index (χ1) is 7.41. The topological polar surface area (TPSA) is 55.1 Å². The molecule has 3 nitrogen and oxygen atoms in total. The number of carbonyl (C=O) groups is 1. The number of anilines is 1. The summed E-state index contributed by atoms with van der Waals surface area (Å²) in [5.41, 5.74) is 8.86. The molecule has 0 aromatic heterocycles. The van der Waals surface area contributed by atoms with Gasteiger partial charge in [0.1, 0.15) is 0 Å². The third-order valence-electron chi connectivity index (χ3n) is 2.66. The van der Waals surface area contributed by atoms with Gasteiger partial charge in [-0.15, -0.1) is 0 Å². The average Bonchev–Trinajstić information content (AvgIpc) is 2.20. The van der Waals surface area contributed by atoms with Crippen molar-refractivity contribution >= 4 is 11.6 Å². The molecule has 0 heterocycles. The molecule has 0 saturated heterocycles. The second kappa shape index (κ2) is 5.12. The molecule has 0 fully saturated rings. The fourth-order valence-corrected chi connectivity index (χ4v) is 1.47. The predicted octanol–water partition coefficient (Wildman–Crippen LogP) is 2.23. The van der Waals surface area contributed by atoms with Crippen LogP contribution < -0.4 is 11.1 Å². The fourth-order valence-electron chi connectivity index (χ4n) is 1.47. The van der Waals surface area contributed by atoms with E-state index in [1.54, 1.807) is 0 Å². The number of carbonyl (C=O) groups excluding carboxylic acids is 1. The van der Waals surface area contributed by atoms with Gasteiger partial charge in [0, 0.05) is 5.69 Å². The SMILES string of the molecule is Cc1ccc(NC(=O)C(N)C(C)C)c(C)c1. The Hall–Kier alpha value is -1.35. The number of nitrogens with one attached hydrogen (secondary N) is 1. The third-order valence-corrected chi connectivity index (χ3v) is 2.66. The number of rotatable bonds is 3. The van der Waals surface area contributed by atoms with E-state index in [0.717, 1.165) is 11.3 Å². The molecule has 1 aromatic carbocycles. The zero-order valence-corrected chi connectivity index (χ0v) is 10.4. The van der Waals surface area contributed by atoms with E-state index in [-0.39, 0.29) is 11.8 Å². The molecule has 1 aromatic rings. The smallest absolute Gasteiger partial charge is 0.241 e. The molecule has 0 aliphatic heterocycles. The minimum absolute atomic E-state index is 0.123. The van der Waals surface area contributed by atoms with Gasteiger partial charge in [-0.2, -0.15) is 0 Å². The monoisotopic (exact) mass is 220 g/mol. The Morgan fingerprint density at radius 2 is 1.94 bits per heavy atom. The van der Waals surface area contributed by atoms with Crippen LogP contribution in [0.5, 0.6) is 0 Å². The molecular weight excluding hydrogens is 200 g/mol. The molecule has 1 unspecified atom stereocenters. The van der Waals surface area contributed by atoms with Crippen LogP contribution in [-0.4, -0.2) is 11.9 Å². The molecule has 0 aliphatic carbocycles. The van der Waals surface area contributed by atoms with Crippen molar-refractivity contribution in [1.29, 1.82) is 0 Å². The molecule has 3 heteroatoms. The van der Waals surface area contributed by atoms with Gasteiger partial charge in [0.05, 0.1) is 6.04 Å². The summed E-state index contributed by atoms with van der Waals surface area (Å²) < 4.78 is 0. The first-order valence-corrected chi connectivity index (χ1v) is 5.55. The maximum Gasteiger partial charge on any atom is 0.241 e. The van der Waals surface area contributed by atoms with E-state index in [2.05, 4.69) is 5.32 Å². The van der Waals surface area contributed by atoms with Crippen LogP contribution in [-0.2, 0) is 4.79 Å². The van der Waals surface area contributed by atoms with E-state index in [1.807, 2.05) is 45.9 Å². The van der Waals surface area contributed by atoms with E-state index < -0.39 is 6.04 Å². The highest BCUT2D eigenvalue weighted by molar-refractivity contribution is 5.95. The van der Waals surface area contributed by atoms with Gasteiger partial charge in [0.15, 0.2) is 0 Å². The van der Waals surface area contributed by atoms with Crippen molar-refractivity contribution in [3.63, 3.8) is 0 Å². The summed E-state index contributed by atoms with van der Waals surface area (Å²) in [5.74, 6) is 0.0210. The van der Waals surface area contributed by atoms with Crippen LogP contribution in [0.1, 0.15) is 25.0 Å². The standard InChI is InChI=1S/C13H20N2O/c1-8(2)12(14)13(16)15-11-6-5-9(3)7-10(11)4/h5-8,12H,14H2,1-4H3,(H,15,16). The first kappa shape index (κ1) is 12.7. The van der Waals surface area contributed by atoms with Crippen molar-refractivity contribution in [2.24, 2.45) is 11.7 Å². The molecule has 1 atom stereocenters. The fraction of sp³-hybridized carbons (Fsp3) is 0.462. The van der Waals surface area contributed by atoms with E-state index in [4.69, 9.17) is 5.73 Å². The van der Waals surface area contributed by atoms with Crippen molar-refractivity contribution in [2.45, 2.75) is 33.7 Å². The molecule has 88 valence electrons. The molecule has 0 saturated carbocycles. The second-order valence-corrected chi connectivity index (χ2v) is 4.58. The maximum absolute atomic E-state index is 11.8. The van der Waals surface area contributed by atoms with Gasteiger partial charge < -0.3 is 11.1 Å². The van der Waals surface area contributed by atoms with E-state index >= 15 is 0 Å². The number of hydrogen-bond acceptors (Lipinski definition) is 2. The Labute approximate surface area is 97.0 Å². The Balaban J connectivity index is 2.77. The van der Waals surface area contributed by atoms with Gasteiger partial charge in [-0.1, -0.05) is 31.5 Å². The normalized spacial score (nSPS) is 12.6. The minimum atomic E-state index is -0.458. The van der Waals surface area contributed by atoms with Crippen LogP contribution in [0.4, 0.5) is 5.69 Å². The van der Waals surface area contributed by atoms with E-state index in [1.165, 1.54) is 5.56 Å². The van der Waals surface area contributed by atoms with Crippen molar-refractivity contribution in [3.8, 4) is 0 Å². The van der Waals surface area contributed by atoms with Crippen LogP contribution in [0.15, 0.2) is 18.2 Å². The molecule has 0 bridgehead atoms. The average molecular weight is 220 g/mol. The third kappa shape index (κ3) is 3.07. The summed E-state index contributed by atoms with van der Waals surface area (Å²) in [6.45, 7) is 7.88. The van der Waals surface area contributed by atoms with Crippen LogP contribution in [0.3, 0.4) is 0 Å². The molecule has 1 amide bonds. The lowest BCUT2D eigenvalue weighted by atomic mass is 10.0. The molecule has 0 radical (unpaired) electrons. The first-order valence-electron chi connectivity index (χ1n) is 5.55. The molecule has 16 heavy (non-hydrogen) atoms. The van der Waals surface area contributed by atoms with Crippen molar-refractivity contribution < 1.29 is 4.79 Å². The summed E-state index contributed by atoms with van der Waals surface area (Å²) >= 11 is 0. The van der Waals surface area contributed by atoms with Gasteiger partial charge in [-0.3, -0.25) is 4.79 Å². The minimum Gasteiger partial charge on any atom is -0.324 e. The highest BCUT2D eigenvalue weighted by Gasteiger charge is 2.17. The van der Waals surface area contributed by atoms with Gasteiger partial charge in [-0.25, -0.2) is 0 Å². The number of hydrogen-bond donors (Lipinski definition) is 2. The zero-order valence-electron chi connectivity index (χ0n) is 10.4.